The molecule has 202 valence electrons. The minimum Gasteiger partial charge on any atom is -0.492 e. The van der Waals surface area contributed by atoms with Crippen LogP contribution in [0.1, 0.15) is 30.0 Å². The maximum atomic E-state index is 14.2. The van der Waals surface area contributed by atoms with Crippen LogP contribution in [0.3, 0.4) is 0 Å². The average molecular weight is 531 g/mol. The molecule has 0 aliphatic rings. The van der Waals surface area contributed by atoms with E-state index in [-0.39, 0.29) is 5.91 Å². The number of nitrogens with one attached hydrogen (secondary N) is 2. The van der Waals surface area contributed by atoms with Crippen molar-refractivity contribution in [3.63, 3.8) is 0 Å². The van der Waals surface area contributed by atoms with E-state index in [1.807, 2.05) is 49.4 Å². The van der Waals surface area contributed by atoms with Crippen LogP contribution in [0.4, 0.5) is 8.78 Å². The number of nitrogens with zero attached hydrogens (tertiary/aromatic N) is 2. The molecule has 2 N–H and O–H groups in total. The molecule has 0 atom stereocenters. The molecular formula is C31H32F2N4O2. The van der Waals surface area contributed by atoms with Crippen LogP contribution < -0.4 is 10.1 Å². The highest BCUT2D eigenvalue weighted by Crippen LogP contribution is 2.36. The quantitative estimate of drug-likeness (QED) is 0.146. The topological polar surface area (TPSA) is 70.2 Å². The van der Waals surface area contributed by atoms with Crippen LogP contribution in [0.25, 0.3) is 22.0 Å². The Morgan fingerprint density at radius 1 is 1.00 bits per heavy atom. The fraction of sp³-hybridized carbons (Fsp3) is 0.226. The van der Waals surface area contributed by atoms with Crippen molar-refractivity contribution in [2.45, 2.75) is 13.3 Å². The molecule has 4 aromatic rings. The maximum absolute atomic E-state index is 14.2. The van der Waals surface area contributed by atoms with Crippen molar-refractivity contribution in [2.75, 3.05) is 33.8 Å². The predicted octanol–water partition coefficient (Wildman–Crippen LogP) is 5.82. The van der Waals surface area contributed by atoms with Crippen LogP contribution in [0.5, 0.6) is 5.75 Å². The van der Waals surface area contributed by atoms with E-state index in [0.717, 1.165) is 39.2 Å². The Morgan fingerprint density at radius 3 is 2.41 bits per heavy atom. The molecule has 0 saturated heterocycles. The number of hydrogen-bond acceptors (Lipinski definition) is 4. The molecule has 8 heteroatoms. The molecule has 3 aromatic carbocycles. The molecule has 0 radical (unpaired) electrons. The van der Waals surface area contributed by atoms with Crippen molar-refractivity contribution >= 4 is 28.0 Å². The van der Waals surface area contributed by atoms with Crippen LogP contribution in [-0.4, -0.2) is 54.8 Å². The second kappa shape index (κ2) is 13.0. The Hall–Kier alpha value is -4.30. The number of halogens is 2. The third-order valence-corrected chi connectivity index (χ3v) is 6.25. The molecule has 0 bridgehead atoms. The summed E-state index contributed by atoms with van der Waals surface area (Å²) in [5.74, 6) is -0.575. The van der Waals surface area contributed by atoms with Gasteiger partial charge in [-0.3, -0.25) is 9.89 Å². The van der Waals surface area contributed by atoms with Gasteiger partial charge in [0.25, 0.3) is 0 Å². The zero-order valence-corrected chi connectivity index (χ0v) is 22.3. The zero-order valence-electron chi connectivity index (χ0n) is 22.3. The molecule has 4 rings (SSSR count). The second-order valence-electron chi connectivity index (χ2n) is 9.25. The molecule has 0 aliphatic carbocycles. The van der Waals surface area contributed by atoms with Crippen LogP contribution >= 0.6 is 0 Å². The van der Waals surface area contributed by atoms with Gasteiger partial charge < -0.3 is 15.0 Å². The van der Waals surface area contributed by atoms with Gasteiger partial charge in [0.2, 0.25) is 5.91 Å². The van der Waals surface area contributed by atoms with Gasteiger partial charge in [-0.2, -0.15) is 5.10 Å². The minimum atomic E-state index is -0.613. The average Bonchev–Trinajstić information content (AvgIpc) is 3.39. The van der Waals surface area contributed by atoms with Crippen molar-refractivity contribution in [1.29, 1.82) is 0 Å². The van der Waals surface area contributed by atoms with Gasteiger partial charge in [0.15, 0.2) is 0 Å². The number of H-pyrrole nitrogens is 1. The number of aromatic amines is 1. The van der Waals surface area contributed by atoms with E-state index < -0.39 is 11.6 Å². The lowest BCUT2D eigenvalue weighted by molar-refractivity contribution is -0.123. The number of hydrogen-bond donors (Lipinski definition) is 2. The van der Waals surface area contributed by atoms with E-state index in [1.165, 1.54) is 23.1 Å². The van der Waals surface area contributed by atoms with Crippen molar-refractivity contribution in [3.8, 4) is 5.75 Å². The van der Waals surface area contributed by atoms with Crippen molar-refractivity contribution in [3.05, 3.63) is 107 Å². The summed E-state index contributed by atoms with van der Waals surface area (Å²) < 4.78 is 34.2. The lowest BCUT2D eigenvalue weighted by Crippen LogP contribution is -2.22. The van der Waals surface area contributed by atoms with E-state index in [2.05, 4.69) is 15.5 Å². The number of carbonyl (C=O) groups excluding carboxylic acids is 1. The van der Waals surface area contributed by atoms with E-state index in [4.69, 9.17) is 4.74 Å². The summed E-state index contributed by atoms with van der Waals surface area (Å²) in [5, 5.41) is 11.2. The SMILES string of the molecule is CC/C(=C(/c1ccc(OCCNC/C=C/C(=O)N(C)C)cc1)c1ccc2[nH]ncc2c1)c1cc(F)cc(F)c1. The number of likely N-dealkylation sites (N-methyl/N-ethyl adjacent to an activating group) is 1. The summed E-state index contributed by atoms with van der Waals surface area (Å²) in [6.45, 7) is 3.61. The highest BCUT2D eigenvalue weighted by molar-refractivity contribution is 6.00. The monoisotopic (exact) mass is 530 g/mol. The summed E-state index contributed by atoms with van der Waals surface area (Å²) in [5.41, 5.74) is 4.95. The van der Waals surface area contributed by atoms with Gasteiger partial charge in [-0.15, -0.1) is 0 Å². The van der Waals surface area contributed by atoms with Crippen LogP contribution in [0, 0.1) is 11.6 Å². The lowest BCUT2D eigenvalue weighted by atomic mass is 9.87. The molecule has 0 saturated carbocycles. The molecule has 0 spiro atoms. The maximum Gasteiger partial charge on any atom is 0.245 e. The molecule has 6 nitrogen and oxygen atoms in total. The minimum absolute atomic E-state index is 0.0555. The number of amides is 1. The largest absolute Gasteiger partial charge is 0.492 e. The standard InChI is InChI=1S/C31H32F2N4O2/c1-4-28(23-17-25(32)19-26(33)18-23)31(22-9-12-29-24(16-22)20-35-36-29)21-7-10-27(11-8-21)39-15-14-34-13-5-6-30(38)37(2)3/h5-12,16-20,34H,4,13-15H2,1-3H3,(H,35,36)/b6-5+,31-28+. The molecule has 0 aliphatic heterocycles. The van der Waals surface area contributed by atoms with Gasteiger partial charge in [0.1, 0.15) is 24.0 Å². The van der Waals surface area contributed by atoms with E-state index in [9.17, 15) is 13.6 Å². The van der Waals surface area contributed by atoms with Crippen LogP contribution in [0.15, 0.2) is 79.0 Å². The molecule has 1 aromatic heterocycles. The third kappa shape index (κ3) is 7.18. The van der Waals surface area contributed by atoms with E-state index >= 15 is 0 Å². The van der Waals surface area contributed by atoms with Gasteiger partial charge >= 0.3 is 0 Å². The molecule has 1 heterocycles. The van der Waals surface area contributed by atoms with Gasteiger partial charge in [-0.25, -0.2) is 8.78 Å². The van der Waals surface area contributed by atoms with Crippen LogP contribution in [0.2, 0.25) is 0 Å². The molecule has 1 amide bonds. The summed E-state index contributed by atoms with van der Waals surface area (Å²) >= 11 is 0. The van der Waals surface area contributed by atoms with Crippen LogP contribution in [-0.2, 0) is 4.79 Å². The fourth-order valence-corrected chi connectivity index (χ4v) is 4.32. The number of allylic oxidation sites excluding steroid dienone is 1. The number of carbonyl (C=O) groups is 1. The first kappa shape index (κ1) is 27.7. The zero-order chi connectivity index (χ0) is 27.8. The molecule has 39 heavy (non-hydrogen) atoms. The van der Waals surface area contributed by atoms with E-state index in [0.29, 0.717) is 37.4 Å². The first-order chi connectivity index (χ1) is 18.9. The summed E-state index contributed by atoms with van der Waals surface area (Å²) in [6.07, 6.45) is 5.64. The van der Waals surface area contributed by atoms with E-state index in [1.54, 1.807) is 26.4 Å². The first-order valence-electron chi connectivity index (χ1n) is 12.8. The number of benzene rings is 3. The normalized spacial score (nSPS) is 12.1. The predicted molar refractivity (Wildman–Crippen MR) is 151 cm³/mol. The van der Waals surface area contributed by atoms with Crippen molar-refractivity contribution < 1.29 is 18.3 Å². The first-order valence-corrected chi connectivity index (χ1v) is 12.8. The van der Waals surface area contributed by atoms with Crippen molar-refractivity contribution in [2.24, 2.45) is 0 Å². The van der Waals surface area contributed by atoms with Gasteiger partial charge in [-0.05, 0) is 70.7 Å². The molecular weight excluding hydrogens is 498 g/mol. The highest BCUT2D eigenvalue weighted by atomic mass is 19.1. The Kier molecular flexibility index (Phi) is 9.22. The Balaban J connectivity index is 1.55. The smallest absolute Gasteiger partial charge is 0.245 e. The van der Waals surface area contributed by atoms with Gasteiger partial charge in [-0.1, -0.05) is 31.2 Å². The third-order valence-electron chi connectivity index (χ3n) is 6.25. The number of fused-ring (bicyclic) bond motifs is 1. The number of aromatic nitrogens is 2. The summed E-state index contributed by atoms with van der Waals surface area (Å²) in [6, 6.07) is 17.3. The number of ether oxygens (including phenoxy) is 1. The molecule has 0 unspecified atom stereocenters. The summed E-state index contributed by atoms with van der Waals surface area (Å²) in [7, 11) is 3.42. The summed E-state index contributed by atoms with van der Waals surface area (Å²) in [4.78, 5) is 13.1. The molecule has 0 fully saturated rings. The number of rotatable bonds is 11. The van der Waals surface area contributed by atoms with Gasteiger partial charge in [0.05, 0.1) is 11.7 Å². The fourth-order valence-electron chi connectivity index (χ4n) is 4.32. The Bertz CT molecular complexity index is 1470. The lowest BCUT2D eigenvalue weighted by Gasteiger charge is -2.17. The van der Waals surface area contributed by atoms with Crippen molar-refractivity contribution in [1.82, 2.24) is 20.4 Å². The second-order valence-corrected chi connectivity index (χ2v) is 9.25. The van der Waals surface area contributed by atoms with Gasteiger partial charge in [0, 0.05) is 44.7 Å². The Morgan fingerprint density at radius 2 is 1.72 bits per heavy atom. The highest BCUT2D eigenvalue weighted by Gasteiger charge is 2.16. The Labute approximate surface area is 227 Å².